The van der Waals surface area contributed by atoms with Crippen LogP contribution in [0.15, 0.2) is 59.7 Å². The van der Waals surface area contributed by atoms with Crippen LogP contribution in [0.2, 0.25) is 0 Å². The van der Waals surface area contributed by atoms with Gasteiger partial charge in [0.15, 0.2) is 0 Å². The Morgan fingerprint density at radius 3 is 2.67 bits per heavy atom. The number of carbonyl (C=O) groups is 1. The van der Waals surface area contributed by atoms with Crippen molar-refractivity contribution >= 4 is 17.1 Å². The Morgan fingerprint density at radius 2 is 1.93 bits per heavy atom. The van der Waals surface area contributed by atoms with Crippen molar-refractivity contribution < 1.29 is 13.9 Å². The number of aryl methyl sites for hydroxylation is 1. The van der Waals surface area contributed by atoms with Crippen molar-refractivity contribution in [2.75, 3.05) is 26.7 Å². The average molecular weight is 575 g/mol. The van der Waals surface area contributed by atoms with E-state index in [4.69, 9.17) is 4.74 Å². The number of nitrogens with zero attached hydrogens (tertiary/aromatic N) is 3. The van der Waals surface area contributed by atoms with E-state index in [0.717, 1.165) is 80.6 Å². The summed E-state index contributed by atoms with van der Waals surface area (Å²) in [5.41, 5.74) is 3.00. The Hall–Kier alpha value is -3.92. The van der Waals surface area contributed by atoms with Crippen LogP contribution in [-0.4, -0.2) is 63.3 Å². The van der Waals surface area contributed by atoms with Crippen molar-refractivity contribution in [1.29, 1.82) is 0 Å². The van der Waals surface area contributed by atoms with Crippen LogP contribution in [0.3, 0.4) is 0 Å². The quantitative estimate of drug-likeness (QED) is 0.282. The highest BCUT2D eigenvalue weighted by atomic mass is 19.1. The van der Waals surface area contributed by atoms with Gasteiger partial charge in [-0.1, -0.05) is 24.6 Å². The first-order valence-electron chi connectivity index (χ1n) is 14.9. The summed E-state index contributed by atoms with van der Waals surface area (Å²) < 4.78 is 22.2. The van der Waals surface area contributed by atoms with Gasteiger partial charge in [-0.15, -0.1) is 0 Å². The van der Waals surface area contributed by atoms with Crippen LogP contribution in [0, 0.1) is 24.6 Å². The number of amides is 1. The molecule has 2 aromatic carbocycles. The SMILES string of the molecule is COC(=O)N[C@H]1CCC[C@@H]1C(c1cccc(F)c1)(C1CCN(CCc2ccc3[nH]c(=O)[nH]c3c2)CC1)n1ccnc1C. The van der Waals surface area contributed by atoms with E-state index in [9.17, 15) is 14.0 Å². The van der Waals surface area contributed by atoms with E-state index in [-0.39, 0.29) is 29.4 Å². The highest BCUT2D eigenvalue weighted by Crippen LogP contribution is 2.51. The third-order valence-corrected chi connectivity index (χ3v) is 9.59. The Balaban J connectivity index is 1.30. The zero-order chi connectivity index (χ0) is 29.3. The molecule has 3 N–H and O–H groups in total. The number of methoxy groups -OCH3 is 1. The fraction of sp³-hybridized carbons (Fsp3) is 0.469. The second-order valence-corrected chi connectivity index (χ2v) is 11.8. The lowest BCUT2D eigenvalue weighted by Gasteiger charge is -2.51. The molecule has 1 saturated heterocycles. The maximum absolute atomic E-state index is 14.9. The molecule has 2 fully saturated rings. The van der Waals surface area contributed by atoms with E-state index in [1.807, 2.05) is 37.5 Å². The third-order valence-electron chi connectivity index (χ3n) is 9.59. The summed E-state index contributed by atoms with van der Waals surface area (Å²) in [6.45, 7) is 4.76. The van der Waals surface area contributed by atoms with Crippen molar-refractivity contribution in [3.8, 4) is 0 Å². The van der Waals surface area contributed by atoms with Crippen molar-refractivity contribution in [2.24, 2.45) is 11.8 Å². The number of piperidine rings is 1. The van der Waals surface area contributed by atoms with E-state index in [1.54, 1.807) is 12.1 Å². The van der Waals surface area contributed by atoms with Crippen molar-refractivity contribution in [3.05, 3.63) is 88.1 Å². The zero-order valence-corrected chi connectivity index (χ0v) is 24.2. The van der Waals surface area contributed by atoms with Gasteiger partial charge in [0.05, 0.1) is 23.7 Å². The fourth-order valence-corrected chi connectivity index (χ4v) is 7.76. The van der Waals surface area contributed by atoms with Crippen molar-refractivity contribution in [1.82, 2.24) is 29.7 Å². The normalized spacial score (nSPS) is 21.4. The number of nitrogens with one attached hydrogen (secondary N) is 3. The lowest BCUT2D eigenvalue weighted by atomic mass is 9.64. The van der Waals surface area contributed by atoms with Crippen LogP contribution >= 0.6 is 0 Å². The average Bonchev–Trinajstić information content (AvgIpc) is 3.73. The minimum atomic E-state index is -0.581. The lowest BCUT2D eigenvalue weighted by Crippen LogP contribution is -2.57. The molecule has 1 amide bonds. The number of alkyl carbamates (subject to hydrolysis) is 1. The molecule has 4 aromatic rings. The molecule has 0 spiro atoms. The molecule has 1 aliphatic heterocycles. The number of halogens is 1. The molecule has 0 radical (unpaired) electrons. The number of H-pyrrole nitrogens is 2. The predicted octanol–water partition coefficient (Wildman–Crippen LogP) is 4.72. The maximum Gasteiger partial charge on any atom is 0.407 e. The topological polar surface area (TPSA) is 108 Å². The Bertz CT molecular complexity index is 1600. The number of imidazole rings is 2. The summed E-state index contributed by atoms with van der Waals surface area (Å²) in [6.07, 6.45) is 8.90. The largest absolute Gasteiger partial charge is 0.453 e. The first-order chi connectivity index (χ1) is 20.4. The fourth-order valence-electron chi connectivity index (χ4n) is 7.76. The van der Waals surface area contributed by atoms with E-state index < -0.39 is 11.6 Å². The summed E-state index contributed by atoms with van der Waals surface area (Å²) in [5.74, 6) is 0.861. The first-order valence-corrected chi connectivity index (χ1v) is 14.9. The molecule has 0 bridgehead atoms. The molecular weight excluding hydrogens is 535 g/mol. The van der Waals surface area contributed by atoms with Gasteiger partial charge < -0.3 is 29.5 Å². The predicted molar refractivity (Wildman–Crippen MR) is 159 cm³/mol. The number of ether oxygens (including phenoxy) is 1. The number of likely N-dealkylation sites (tertiary alicyclic amines) is 1. The van der Waals surface area contributed by atoms with E-state index >= 15 is 0 Å². The standard InChI is InChI=1S/C32H39FN6O3/c1-21-34-14-18-39(21)32(24-5-3-6-25(33)20-24,26-7-4-8-27(26)37-31(41)42-2)23-12-16-38(17-13-23)15-11-22-9-10-28-29(19-22)36-30(40)35-28/h3,5-6,9-10,14,18-20,23,26-27H,4,7-8,11-13,15-17H2,1-2H3,(H,37,41)(H2,35,36,40)/t26-,27-,32?/m0/s1. The third kappa shape index (κ3) is 5.24. The van der Waals surface area contributed by atoms with Gasteiger partial charge in [-0.05, 0) is 93.4 Å². The monoisotopic (exact) mass is 574 g/mol. The number of hydrogen-bond acceptors (Lipinski definition) is 5. The molecule has 3 heterocycles. The smallest absolute Gasteiger partial charge is 0.407 e. The van der Waals surface area contributed by atoms with Crippen LogP contribution in [-0.2, 0) is 16.7 Å². The molecule has 1 unspecified atom stereocenters. The molecule has 3 atom stereocenters. The van der Waals surface area contributed by atoms with Gasteiger partial charge in [-0.2, -0.15) is 0 Å². The van der Waals surface area contributed by atoms with E-state index in [2.05, 4.69) is 35.8 Å². The van der Waals surface area contributed by atoms with Gasteiger partial charge in [-0.3, -0.25) is 0 Å². The number of hydrogen-bond donors (Lipinski definition) is 3. The molecule has 9 nitrogen and oxygen atoms in total. The highest BCUT2D eigenvalue weighted by Gasteiger charge is 2.53. The van der Waals surface area contributed by atoms with E-state index in [0.29, 0.717) is 0 Å². The first kappa shape index (κ1) is 28.2. The molecule has 42 heavy (non-hydrogen) atoms. The summed E-state index contributed by atoms with van der Waals surface area (Å²) in [7, 11) is 1.39. The van der Waals surface area contributed by atoms with Gasteiger partial charge in [0.2, 0.25) is 0 Å². The van der Waals surface area contributed by atoms with Crippen molar-refractivity contribution in [3.63, 3.8) is 0 Å². The Morgan fingerprint density at radius 1 is 1.12 bits per heavy atom. The minimum absolute atomic E-state index is 0.0399. The Kier molecular flexibility index (Phi) is 7.90. The number of fused-ring (bicyclic) bond motifs is 1. The molecule has 1 aliphatic carbocycles. The van der Waals surface area contributed by atoms with Gasteiger partial charge >= 0.3 is 11.8 Å². The second kappa shape index (κ2) is 11.8. The number of aromatic amines is 2. The summed E-state index contributed by atoms with van der Waals surface area (Å²) >= 11 is 0. The van der Waals surface area contributed by atoms with Gasteiger partial charge in [-0.25, -0.2) is 19.0 Å². The van der Waals surface area contributed by atoms with Gasteiger partial charge in [0.1, 0.15) is 11.6 Å². The lowest BCUT2D eigenvalue weighted by molar-refractivity contribution is 0.0518. The van der Waals surface area contributed by atoms with Crippen LogP contribution in [0.25, 0.3) is 11.0 Å². The van der Waals surface area contributed by atoms with Crippen LogP contribution in [0.4, 0.5) is 9.18 Å². The summed E-state index contributed by atoms with van der Waals surface area (Å²) in [6, 6.07) is 13.0. The number of aromatic nitrogens is 4. The molecule has 1 saturated carbocycles. The number of benzene rings is 2. The molecule has 2 aromatic heterocycles. The second-order valence-electron chi connectivity index (χ2n) is 11.8. The molecular formula is C32H39FN6O3. The minimum Gasteiger partial charge on any atom is -0.453 e. The van der Waals surface area contributed by atoms with Gasteiger partial charge in [0, 0.05) is 30.9 Å². The Labute approximate surface area is 244 Å². The number of carbonyl (C=O) groups excluding carboxylic acids is 1. The molecule has 2 aliphatic rings. The molecule has 10 heteroatoms. The number of rotatable bonds is 8. The summed E-state index contributed by atoms with van der Waals surface area (Å²) in [4.78, 5) is 36.9. The van der Waals surface area contributed by atoms with Crippen LogP contribution in [0.5, 0.6) is 0 Å². The summed E-state index contributed by atoms with van der Waals surface area (Å²) in [5, 5.41) is 3.13. The molecule has 222 valence electrons. The van der Waals surface area contributed by atoms with E-state index in [1.165, 1.54) is 18.7 Å². The van der Waals surface area contributed by atoms with Gasteiger partial charge in [0.25, 0.3) is 0 Å². The molecule has 6 rings (SSSR count). The van der Waals surface area contributed by atoms with Crippen molar-refractivity contribution in [2.45, 2.75) is 57.0 Å². The maximum atomic E-state index is 14.9. The van der Waals surface area contributed by atoms with Crippen LogP contribution < -0.4 is 11.0 Å². The van der Waals surface area contributed by atoms with Crippen LogP contribution in [0.1, 0.15) is 49.1 Å². The zero-order valence-electron chi connectivity index (χ0n) is 24.2. The highest BCUT2D eigenvalue weighted by molar-refractivity contribution is 5.75.